The lowest BCUT2D eigenvalue weighted by atomic mass is 9.98. The van der Waals surface area contributed by atoms with Crippen molar-refractivity contribution in [1.82, 2.24) is 10.2 Å². The molecule has 0 aromatic rings. The molecule has 0 radical (unpaired) electrons. The zero-order valence-corrected chi connectivity index (χ0v) is 11.6. The van der Waals surface area contributed by atoms with E-state index in [1.165, 1.54) is 0 Å². The van der Waals surface area contributed by atoms with Crippen LogP contribution < -0.4 is 5.32 Å². The summed E-state index contributed by atoms with van der Waals surface area (Å²) in [4.78, 5) is 25.3. The highest BCUT2D eigenvalue weighted by Crippen LogP contribution is 2.30. The number of carbonyl (C=O) groups excluding carboxylic acids is 1. The van der Waals surface area contributed by atoms with E-state index in [1.807, 2.05) is 13.8 Å². The molecule has 2 fully saturated rings. The Morgan fingerprint density at radius 3 is 2.42 bits per heavy atom. The fraction of sp³-hybridized carbons (Fsp3) is 0.846. The molecule has 0 aromatic heterocycles. The van der Waals surface area contributed by atoms with Crippen molar-refractivity contribution in [2.45, 2.75) is 50.7 Å². The average molecular weight is 270 g/mol. The van der Waals surface area contributed by atoms with E-state index in [0.717, 1.165) is 12.8 Å². The van der Waals surface area contributed by atoms with Crippen molar-refractivity contribution in [3.8, 4) is 0 Å². The molecule has 0 unspecified atom stereocenters. The predicted octanol–water partition coefficient (Wildman–Crippen LogP) is 1.20. The summed E-state index contributed by atoms with van der Waals surface area (Å²) in [5.74, 6) is -0.925. The van der Waals surface area contributed by atoms with Gasteiger partial charge in [0.2, 0.25) is 0 Å². The van der Waals surface area contributed by atoms with Crippen LogP contribution in [0.3, 0.4) is 0 Å². The Bertz CT molecular complexity index is 375. The minimum absolute atomic E-state index is 0.291. The summed E-state index contributed by atoms with van der Waals surface area (Å²) in [7, 11) is 0. The molecule has 0 spiro atoms. The maximum absolute atomic E-state index is 12.2. The Kier molecular flexibility index (Phi) is 3.71. The van der Waals surface area contributed by atoms with E-state index in [2.05, 4.69) is 5.32 Å². The molecule has 2 aliphatic rings. The Morgan fingerprint density at radius 2 is 1.89 bits per heavy atom. The van der Waals surface area contributed by atoms with Crippen LogP contribution in [0.4, 0.5) is 4.79 Å². The second kappa shape index (κ2) is 5.00. The lowest BCUT2D eigenvalue weighted by molar-refractivity contribution is -0.144. The number of carboxylic acids is 1. The standard InChI is InChI=1S/C13H22N2O4/c1-12(2)9-15(7-8-19-12)11(18)14-13(10(16)17)5-3-4-6-13/h3-9H2,1-2H3,(H,14,18)(H,16,17). The van der Waals surface area contributed by atoms with Gasteiger partial charge in [0.1, 0.15) is 5.54 Å². The van der Waals surface area contributed by atoms with E-state index in [1.54, 1.807) is 4.90 Å². The molecule has 19 heavy (non-hydrogen) atoms. The number of hydrogen-bond acceptors (Lipinski definition) is 3. The van der Waals surface area contributed by atoms with Gasteiger partial charge >= 0.3 is 12.0 Å². The molecule has 1 saturated carbocycles. The smallest absolute Gasteiger partial charge is 0.329 e. The van der Waals surface area contributed by atoms with Crippen molar-refractivity contribution in [2.75, 3.05) is 19.7 Å². The van der Waals surface area contributed by atoms with Gasteiger partial charge in [-0.25, -0.2) is 9.59 Å². The minimum Gasteiger partial charge on any atom is -0.480 e. The molecule has 1 aliphatic heterocycles. The van der Waals surface area contributed by atoms with Gasteiger partial charge in [-0.2, -0.15) is 0 Å². The zero-order valence-electron chi connectivity index (χ0n) is 11.6. The Labute approximate surface area is 113 Å². The normalized spacial score (nSPS) is 25.1. The highest BCUT2D eigenvalue weighted by atomic mass is 16.5. The molecule has 1 heterocycles. The summed E-state index contributed by atoms with van der Waals surface area (Å²) in [5.41, 5.74) is -1.44. The average Bonchev–Trinajstić information content (AvgIpc) is 2.77. The number of nitrogens with zero attached hydrogens (tertiary/aromatic N) is 1. The third kappa shape index (κ3) is 3.00. The van der Waals surface area contributed by atoms with E-state index >= 15 is 0 Å². The van der Waals surface area contributed by atoms with E-state index in [0.29, 0.717) is 32.5 Å². The van der Waals surface area contributed by atoms with Crippen LogP contribution in [0.5, 0.6) is 0 Å². The molecule has 1 saturated heterocycles. The van der Waals surface area contributed by atoms with Gasteiger partial charge < -0.3 is 20.1 Å². The largest absolute Gasteiger partial charge is 0.480 e. The summed E-state index contributed by atoms with van der Waals surface area (Å²) < 4.78 is 5.55. The first-order valence-corrected chi connectivity index (χ1v) is 6.79. The number of ether oxygens (including phenoxy) is 1. The van der Waals surface area contributed by atoms with Crippen LogP contribution in [0.1, 0.15) is 39.5 Å². The summed E-state index contributed by atoms with van der Waals surface area (Å²) in [6, 6.07) is -0.291. The molecule has 2 N–H and O–H groups in total. The summed E-state index contributed by atoms with van der Waals surface area (Å²) >= 11 is 0. The number of aliphatic carboxylic acids is 1. The minimum atomic E-state index is -1.07. The second-order valence-electron chi connectivity index (χ2n) is 6.05. The molecule has 6 heteroatoms. The molecule has 2 rings (SSSR count). The van der Waals surface area contributed by atoms with Crippen LogP contribution in [0.15, 0.2) is 0 Å². The number of carboxylic acid groups (broad SMARTS) is 1. The van der Waals surface area contributed by atoms with Crippen LogP contribution in [0.2, 0.25) is 0 Å². The first-order chi connectivity index (χ1) is 8.85. The van der Waals surface area contributed by atoms with Gasteiger partial charge in [-0.3, -0.25) is 0 Å². The number of rotatable bonds is 2. The number of hydrogen-bond donors (Lipinski definition) is 2. The Balaban J connectivity index is 2.02. The summed E-state index contributed by atoms with van der Waals surface area (Å²) in [6.07, 6.45) is 2.73. The molecule has 0 atom stereocenters. The van der Waals surface area contributed by atoms with Gasteiger partial charge in [0.15, 0.2) is 0 Å². The highest BCUT2D eigenvalue weighted by molar-refractivity contribution is 5.86. The lowest BCUT2D eigenvalue weighted by Crippen LogP contribution is -2.60. The third-order valence-corrected chi connectivity index (χ3v) is 3.93. The van der Waals surface area contributed by atoms with Crippen molar-refractivity contribution in [2.24, 2.45) is 0 Å². The van der Waals surface area contributed by atoms with Crippen molar-refractivity contribution >= 4 is 12.0 Å². The number of nitrogens with one attached hydrogen (secondary N) is 1. The van der Waals surface area contributed by atoms with E-state index < -0.39 is 11.5 Å². The first-order valence-electron chi connectivity index (χ1n) is 6.79. The van der Waals surface area contributed by atoms with Crippen LogP contribution in [-0.2, 0) is 9.53 Å². The third-order valence-electron chi connectivity index (χ3n) is 3.93. The molecule has 0 bridgehead atoms. The maximum Gasteiger partial charge on any atom is 0.329 e. The molecular formula is C13H22N2O4. The lowest BCUT2D eigenvalue weighted by Gasteiger charge is -2.39. The van der Waals surface area contributed by atoms with E-state index in [-0.39, 0.29) is 11.6 Å². The molecule has 108 valence electrons. The first kappa shape index (κ1) is 14.1. The molecule has 6 nitrogen and oxygen atoms in total. The number of amides is 2. The summed E-state index contributed by atoms with van der Waals surface area (Å²) in [5, 5.41) is 12.1. The fourth-order valence-electron chi connectivity index (χ4n) is 2.84. The van der Waals surface area contributed by atoms with Crippen molar-refractivity contribution in [3.05, 3.63) is 0 Å². The highest BCUT2D eigenvalue weighted by Gasteiger charge is 2.44. The van der Waals surface area contributed by atoms with Crippen molar-refractivity contribution in [1.29, 1.82) is 0 Å². The monoisotopic (exact) mass is 270 g/mol. The zero-order chi connectivity index (χ0) is 14.1. The summed E-state index contributed by atoms with van der Waals surface area (Å²) in [6.45, 7) is 5.32. The van der Waals surface area contributed by atoms with Gasteiger partial charge in [0.05, 0.1) is 18.8 Å². The van der Waals surface area contributed by atoms with Crippen molar-refractivity contribution < 1.29 is 19.4 Å². The van der Waals surface area contributed by atoms with Gasteiger partial charge in [-0.05, 0) is 26.7 Å². The van der Waals surface area contributed by atoms with E-state index in [4.69, 9.17) is 4.74 Å². The fourth-order valence-corrected chi connectivity index (χ4v) is 2.84. The molecule has 2 amide bonds. The van der Waals surface area contributed by atoms with Gasteiger partial charge in [0, 0.05) is 6.54 Å². The molecular weight excluding hydrogens is 248 g/mol. The molecule has 1 aliphatic carbocycles. The molecule has 0 aromatic carbocycles. The topological polar surface area (TPSA) is 78.9 Å². The van der Waals surface area contributed by atoms with Crippen LogP contribution in [0, 0.1) is 0 Å². The van der Waals surface area contributed by atoms with Crippen LogP contribution in [-0.4, -0.2) is 52.8 Å². The number of carbonyl (C=O) groups is 2. The second-order valence-corrected chi connectivity index (χ2v) is 6.05. The van der Waals surface area contributed by atoms with Gasteiger partial charge in [-0.1, -0.05) is 12.8 Å². The van der Waals surface area contributed by atoms with Crippen LogP contribution in [0.25, 0.3) is 0 Å². The number of morpholine rings is 1. The van der Waals surface area contributed by atoms with E-state index in [9.17, 15) is 14.7 Å². The Morgan fingerprint density at radius 1 is 1.26 bits per heavy atom. The number of urea groups is 1. The van der Waals surface area contributed by atoms with Gasteiger partial charge in [-0.15, -0.1) is 0 Å². The van der Waals surface area contributed by atoms with Crippen LogP contribution >= 0.6 is 0 Å². The van der Waals surface area contributed by atoms with Gasteiger partial charge in [0.25, 0.3) is 0 Å². The SMILES string of the molecule is CC1(C)CN(C(=O)NC2(C(=O)O)CCCC2)CCO1. The predicted molar refractivity (Wildman–Crippen MR) is 69.0 cm³/mol. The Hall–Kier alpha value is -1.30. The quantitative estimate of drug-likeness (QED) is 0.790. The van der Waals surface area contributed by atoms with Crippen molar-refractivity contribution in [3.63, 3.8) is 0 Å². The maximum atomic E-state index is 12.2.